The van der Waals surface area contributed by atoms with Crippen LogP contribution in [0.2, 0.25) is 5.02 Å². The number of carbonyl (C=O) groups is 2. The highest BCUT2D eigenvalue weighted by Gasteiger charge is 2.35. The van der Waals surface area contributed by atoms with Crippen molar-refractivity contribution >= 4 is 23.8 Å². The first-order valence-electron chi connectivity index (χ1n) is 12.5. The van der Waals surface area contributed by atoms with Gasteiger partial charge < -0.3 is 29.2 Å². The number of rotatable bonds is 8. The van der Waals surface area contributed by atoms with Gasteiger partial charge in [-0.2, -0.15) is 0 Å². The van der Waals surface area contributed by atoms with E-state index in [-0.39, 0.29) is 19.7 Å². The van der Waals surface area contributed by atoms with Crippen LogP contribution in [0.5, 0.6) is 0 Å². The number of amides is 2. The number of nitrogens with zero attached hydrogens (tertiary/aromatic N) is 1. The molecule has 0 saturated carbocycles. The molecule has 202 valence electrons. The van der Waals surface area contributed by atoms with Gasteiger partial charge in [0.1, 0.15) is 17.8 Å². The van der Waals surface area contributed by atoms with Crippen LogP contribution >= 0.6 is 11.6 Å². The van der Waals surface area contributed by atoms with Crippen LogP contribution in [0.25, 0.3) is 11.1 Å². The summed E-state index contributed by atoms with van der Waals surface area (Å²) in [5, 5.41) is 3.22. The summed E-state index contributed by atoms with van der Waals surface area (Å²) in [6.45, 7) is 9.11. The van der Waals surface area contributed by atoms with Crippen LogP contribution in [0.1, 0.15) is 44.9 Å². The number of alkyl carbamates (subject to hydrolysis) is 1. The number of hydrogen-bond acceptors (Lipinski definition) is 6. The van der Waals surface area contributed by atoms with Crippen molar-refractivity contribution in [2.45, 2.75) is 51.9 Å². The molecule has 0 aliphatic carbocycles. The van der Waals surface area contributed by atoms with E-state index in [1.165, 1.54) is 12.7 Å². The molecule has 0 spiro atoms. The SMILES string of the molecule is CCc1cccc(-c2c(Cl)cccc2[C@H](OCCNC(=O)OC)[C@H]2CN(C(=O)OC(C)(C)C)CCO2)c1. The zero-order valence-corrected chi connectivity index (χ0v) is 23.0. The Morgan fingerprint density at radius 1 is 1.22 bits per heavy atom. The Morgan fingerprint density at radius 2 is 1.97 bits per heavy atom. The zero-order valence-electron chi connectivity index (χ0n) is 22.2. The number of hydrogen-bond donors (Lipinski definition) is 1. The van der Waals surface area contributed by atoms with Crippen molar-refractivity contribution in [2.75, 3.05) is 40.0 Å². The van der Waals surface area contributed by atoms with Gasteiger partial charge in [0.05, 0.1) is 26.9 Å². The second-order valence-electron chi connectivity index (χ2n) is 9.80. The van der Waals surface area contributed by atoms with Crippen LogP contribution in [0, 0.1) is 0 Å². The van der Waals surface area contributed by atoms with Gasteiger partial charge in [-0.05, 0) is 49.9 Å². The third-order valence-electron chi connectivity index (χ3n) is 5.91. The second-order valence-corrected chi connectivity index (χ2v) is 10.2. The summed E-state index contributed by atoms with van der Waals surface area (Å²) in [7, 11) is 1.31. The third kappa shape index (κ3) is 8.09. The molecule has 1 fully saturated rings. The zero-order chi connectivity index (χ0) is 27.0. The van der Waals surface area contributed by atoms with Gasteiger partial charge >= 0.3 is 12.2 Å². The lowest BCUT2D eigenvalue weighted by molar-refractivity contribution is -0.112. The molecule has 1 aliphatic rings. The Morgan fingerprint density at radius 3 is 2.68 bits per heavy atom. The Balaban J connectivity index is 1.94. The lowest BCUT2D eigenvalue weighted by atomic mass is 9.92. The van der Waals surface area contributed by atoms with E-state index in [0.717, 1.165) is 23.1 Å². The maximum Gasteiger partial charge on any atom is 0.410 e. The van der Waals surface area contributed by atoms with Crippen LogP contribution < -0.4 is 5.32 Å². The lowest BCUT2D eigenvalue weighted by Crippen LogP contribution is -2.49. The highest BCUT2D eigenvalue weighted by atomic mass is 35.5. The topological polar surface area (TPSA) is 86.3 Å². The molecule has 1 saturated heterocycles. The lowest BCUT2D eigenvalue weighted by Gasteiger charge is -2.38. The normalized spacial score (nSPS) is 16.7. The summed E-state index contributed by atoms with van der Waals surface area (Å²) in [5.41, 5.74) is 3.25. The van der Waals surface area contributed by atoms with Crippen LogP contribution in [0.4, 0.5) is 9.59 Å². The number of methoxy groups -OCH3 is 1. The van der Waals surface area contributed by atoms with Gasteiger partial charge in [0.2, 0.25) is 0 Å². The van der Waals surface area contributed by atoms with Gasteiger partial charge in [-0.25, -0.2) is 9.59 Å². The monoisotopic (exact) mass is 532 g/mol. The molecule has 1 heterocycles. The number of benzene rings is 2. The molecule has 0 unspecified atom stereocenters. The molecular formula is C28H37ClN2O6. The second kappa shape index (κ2) is 13.1. The first-order valence-corrected chi connectivity index (χ1v) is 12.9. The number of ether oxygens (including phenoxy) is 4. The van der Waals surface area contributed by atoms with Crippen molar-refractivity contribution in [1.82, 2.24) is 10.2 Å². The molecule has 2 amide bonds. The minimum atomic E-state index is -0.606. The van der Waals surface area contributed by atoms with Crippen molar-refractivity contribution in [3.63, 3.8) is 0 Å². The van der Waals surface area contributed by atoms with Gasteiger partial charge in [0.25, 0.3) is 0 Å². The molecule has 0 bridgehead atoms. The fourth-order valence-corrected chi connectivity index (χ4v) is 4.48. The Kier molecular flexibility index (Phi) is 10.2. The fraction of sp³-hybridized carbons (Fsp3) is 0.500. The maximum absolute atomic E-state index is 12.8. The van der Waals surface area contributed by atoms with Gasteiger partial charge in [-0.1, -0.05) is 54.9 Å². The molecule has 2 atom stereocenters. The van der Waals surface area contributed by atoms with E-state index in [4.69, 9.17) is 25.8 Å². The molecule has 3 rings (SSSR count). The molecule has 1 aliphatic heterocycles. The summed E-state index contributed by atoms with van der Waals surface area (Å²) < 4.78 is 22.7. The van der Waals surface area contributed by atoms with Gasteiger partial charge in [-0.15, -0.1) is 0 Å². The van der Waals surface area contributed by atoms with Crippen molar-refractivity contribution in [2.24, 2.45) is 0 Å². The molecular weight excluding hydrogens is 496 g/mol. The molecule has 0 aromatic heterocycles. The maximum atomic E-state index is 12.8. The number of carbonyl (C=O) groups excluding carboxylic acids is 2. The Hall–Kier alpha value is -2.81. The van der Waals surface area contributed by atoms with E-state index in [2.05, 4.69) is 29.1 Å². The van der Waals surface area contributed by atoms with Crippen LogP contribution in [0.15, 0.2) is 42.5 Å². The van der Waals surface area contributed by atoms with Crippen molar-refractivity contribution in [3.8, 4) is 11.1 Å². The standard InChI is InChI=1S/C28H37ClN2O6/c1-6-19-9-7-10-20(17-19)24-21(11-8-12-22(24)29)25(36-15-13-30-26(32)34-5)23-18-31(14-16-35-23)27(33)37-28(2,3)4/h7-12,17,23,25H,6,13-16,18H2,1-5H3,(H,30,32)/t23-,25+/m1/s1. The summed E-state index contributed by atoms with van der Waals surface area (Å²) in [6.07, 6.45) is -1.09. The first-order chi connectivity index (χ1) is 17.6. The highest BCUT2D eigenvalue weighted by Crippen LogP contribution is 2.39. The number of aryl methyl sites for hydroxylation is 1. The molecule has 37 heavy (non-hydrogen) atoms. The third-order valence-corrected chi connectivity index (χ3v) is 6.23. The van der Waals surface area contributed by atoms with Gasteiger partial charge in [0.15, 0.2) is 0 Å². The average Bonchev–Trinajstić information content (AvgIpc) is 2.87. The molecule has 9 heteroatoms. The smallest absolute Gasteiger partial charge is 0.410 e. The largest absolute Gasteiger partial charge is 0.453 e. The summed E-state index contributed by atoms with van der Waals surface area (Å²) >= 11 is 6.76. The van der Waals surface area contributed by atoms with Gasteiger partial charge in [-0.3, -0.25) is 0 Å². The quantitative estimate of drug-likeness (QED) is 0.444. The van der Waals surface area contributed by atoms with Crippen LogP contribution in [-0.4, -0.2) is 68.7 Å². The molecule has 1 N–H and O–H groups in total. The Labute approximate surface area is 224 Å². The minimum absolute atomic E-state index is 0.201. The van der Waals surface area contributed by atoms with E-state index in [1.54, 1.807) is 4.90 Å². The number of morpholine rings is 1. The van der Waals surface area contributed by atoms with Crippen LogP contribution in [-0.2, 0) is 25.4 Å². The van der Waals surface area contributed by atoms with Crippen molar-refractivity contribution in [3.05, 3.63) is 58.6 Å². The highest BCUT2D eigenvalue weighted by molar-refractivity contribution is 6.33. The Bertz CT molecular complexity index is 1070. The first kappa shape index (κ1) is 28.8. The van der Waals surface area contributed by atoms with Gasteiger partial charge in [0, 0.05) is 23.7 Å². The van der Waals surface area contributed by atoms with Crippen molar-refractivity contribution in [1.29, 1.82) is 0 Å². The predicted molar refractivity (Wildman–Crippen MR) is 143 cm³/mol. The number of halogens is 1. The summed E-state index contributed by atoms with van der Waals surface area (Å²) in [4.78, 5) is 26.0. The van der Waals surface area contributed by atoms with Crippen LogP contribution in [0.3, 0.4) is 0 Å². The molecule has 0 radical (unpaired) electrons. The van der Waals surface area contributed by atoms with E-state index < -0.39 is 30.0 Å². The average molecular weight is 533 g/mol. The van der Waals surface area contributed by atoms with E-state index in [0.29, 0.717) is 18.2 Å². The number of nitrogens with one attached hydrogen (secondary N) is 1. The van der Waals surface area contributed by atoms with E-state index in [9.17, 15) is 9.59 Å². The molecule has 2 aromatic rings. The van der Waals surface area contributed by atoms with E-state index in [1.807, 2.05) is 51.1 Å². The van der Waals surface area contributed by atoms with Crippen molar-refractivity contribution < 1.29 is 28.5 Å². The summed E-state index contributed by atoms with van der Waals surface area (Å²) in [5.74, 6) is 0. The predicted octanol–water partition coefficient (Wildman–Crippen LogP) is 5.62. The molecule has 2 aromatic carbocycles. The molecule has 8 nitrogen and oxygen atoms in total. The summed E-state index contributed by atoms with van der Waals surface area (Å²) in [6, 6.07) is 13.9. The van der Waals surface area contributed by atoms with E-state index >= 15 is 0 Å². The fourth-order valence-electron chi connectivity index (χ4n) is 4.19. The minimum Gasteiger partial charge on any atom is -0.453 e.